The Bertz CT molecular complexity index is 433. The third-order valence-electron chi connectivity index (χ3n) is 3.07. The quantitative estimate of drug-likeness (QED) is 0.817. The Kier molecular flexibility index (Phi) is 4.27. The molecule has 0 aliphatic carbocycles. The van der Waals surface area contributed by atoms with Gasteiger partial charge in [-0.2, -0.15) is 0 Å². The van der Waals surface area contributed by atoms with Crippen LogP contribution in [-0.4, -0.2) is 37.0 Å². The van der Waals surface area contributed by atoms with Crippen molar-refractivity contribution in [3.05, 3.63) is 32.4 Å². The smallest absolute Gasteiger partial charge is 0.253 e. The number of nitrogens with zero attached hydrogens (tertiary/aromatic N) is 1. The molecule has 1 heterocycles. The van der Waals surface area contributed by atoms with E-state index in [2.05, 4.69) is 27.9 Å². The van der Waals surface area contributed by atoms with Gasteiger partial charge in [-0.25, -0.2) is 0 Å². The fourth-order valence-electron chi connectivity index (χ4n) is 1.97. The Morgan fingerprint density at radius 2 is 2.35 bits per heavy atom. The van der Waals surface area contributed by atoms with Crippen molar-refractivity contribution in [3.63, 3.8) is 0 Å². The van der Waals surface area contributed by atoms with E-state index in [0.717, 1.165) is 23.1 Å². The number of halogens is 2. The van der Waals surface area contributed by atoms with E-state index in [1.165, 1.54) is 0 Å². The number of carbonyl (C=O) groups is 1. The number of likely N-dealkylation sites (N-methyl/N-ethyl adjacent to an activating group) is 1. The molecule has 92 valence electrons. The molecule has 1 saturated heterocycles. The highest BCUT2D eigenvalue weighted by molar-refractivity contribution is 14.1. The second-order valence-corrected chi connectivity index (χ2v) is 5.76. The van der Waals surface area contributed by atoms with Crippen molar-refractivity contribution in [2.24, 2.45) is 0 Å². The fraction of sp³-hybridized carbons (Fsp3) is 0.417. The van der Waals surface area contributed by atoms with E-state index in [9.17, 15) is 4.79 Å². The van der Waals surface area contributed by atoms with Gasteiger partial charge in [0.15, 0.2) is 0 Å². The molecule has 1 aliphatic heterocycles. The SMILES string of the molecule is CN(C(=O)c1ccc(I)c(Cl)c1)C1CCNC1. The lowest BCUT2D eigenvalue weighted by atomic mass is 10.1. The van der Waals surface area contributed by atoms with E-state index in [1.807, 2.05) is 19.2 Å². The van der Waals surface area contributed by atoms with Gasteiger partial charge in [0.05, 0.1) is 5.02 Å². The first-order valence-corrected chi connectivity index (χ1v) is 6.98. The Morgan fingerprint density at radius 3 is 2.94 bits per heavy atom. The van der Waals surface area contributed by atoms with Crippen LogP contribution in [0.5, 0.6) is 0 Å². The van der Waals surface area contributed by atoms with Crippen LogP contribution in [0.4, 0.5) is 0 Å². The second-order valence-electron chi connectivity index (χ2n) is 4.19. The van der Waals surface area contributed by atoms with E-state index >= 15 is 0 Å². The van der Waals surface area contributed by atoms with Crippen LogP contribution in [0.25, 0.3) is 0 Å². The maximum atomic E-state index is 12.2. The monoisotopic (exact) mass is 364 g/mol. The topological polar surface area (TPSA) is 32.3 Å². The summed E-state index contributed by atoms with van der Waals surface area (Å²) < 4.78 is 0.964. The highest BCUT2D eigenvalue weighted by Gasteiger charge is 2.24. The van der Waals surface area contributed by atoms with E-state index in [4.69, 9.17) is 11.6 Å². The molecule has 1 amide bonds. The van der Waals surface area contributed by atoms with Gasteiger partial charge >= 0.3 is 0 Å². The van der Waals surface area contributed by atoms with Crippen LogP contribution in [0, 0.1) is 3.57 Å². The van der Waals surface area contributed by atoms with Crippen molar-refractivity contribution in [3.8, 4) is 0 Å². The van der Waals surface area contributed by atoms with Crippen LogP contribution in [0.2, 0.25) is 5.02 Å². The Hall–Kier alpha value is -0.330. The minimum atomic E-state index is 0.0389. The Balaban J connectivity index is 2.15. The highest BCUT2D eigenvalue weighted by atomic mass is 127. The Morgan fingerprint density at radius 1 is 1.59 bits per heavy atom. The summed E-state index contributed by atoms with van der Waals surface area (Å²) in [6, 6.07) is 5.73. The molecular weight excluding hydrogens is 351 g/mol. The van der Waals surface area contributed by atoms with Crippen LogP contribution in [0.1, 0.15) is 16.8 Å². The maximum Gasteiger partial charge on any atom is 0.253 e. The first kappa shape index (κ1) is 13.1. The number of benzene rings is 1. The lowest BCUT2D eigenvalue weighted by Gasteiger charge is -2.23. The molecule has 0 saturated carbocycles. The third-order valence-corrected chi connectivity index (χ3v) is 4.64. The molecule has 5 heteroatoms. The first-order valence-electron chi connectivity index (χ1n) is 5.52. The van der Waals surface area contributed by atoms with Gasteiger partial charge in [-0.15, -0.1) is 0 Å². The number of carbonyl (C=O) groups excluding carboxylic acids is 1. The van der Waals surface area contributed by atoms with Gasteiger partial charge in [-0.05, 0) is 53.8 Å². The summed E-state index contributed by atoms with van der Waals surface area (Å²) in [4.78, 5) is 14.0. The van der Waals surface area contributed by atoms with E-state index in [-0.39, 0.29) is 5.91 Å². The predicted molar refractivity (Wildman–Crippen MR) is 77.5 cm³/mol. The summed E-state index contributed by atoms with van der Waals surface area (Å²) in [7, 11) is 1.85. The van der Waals surface area contributed by atoms with Crippen molar-refractivity contribution in [2.75, 3.05) is 20.1 Å². The summed E-state index contributed by atoms with van der Waals surface area (Å²) in [5.41, 5.74) is 0.657. The zero-order valence-electron chi connectivity index (χ0n) is 9.54. The molecular formula is C12H14ClIN2O. The molecule has 1 aliphatic rings. The molecule has 17 heavy (non-hydrogen) atoms. The van der Waals surface area contributed by atoms with Crippen LogP contribution in [0.15, 0.2) is 18.2 Å². The molecule has 0 radical (unpaired) electrons. The van der Waals surface area contributed by atoms with E-state index in [1.54, 1.807) is 11.0 Å². The number of amides is 1. The number of hydrogen-bond donors (Lipinski definition) is 1. The van der Waals surface area contributed by atoms with Gasteiger partial charge in [-0.1, -0.05) is 11.6 Å². The molecule has 1 unspecified atom stereocenters. The highest BCUT2D eigenvalue weighted by Crippen LogP contribution is 2.21. The van der Waals surface area contributed by atoms with E-state index in [0.29, 0.717) is 16.6 Å². The third kappa shape index (κ3) is 2.92. The number of nitrogens with one attached hydrogen (secondary N) is 1. The minimum absolute atomic E-state index is 0.0389. The van der Waals surface area contributed by atoms with E-state index < -0.39 is 0 Å². The fourth-order valence-corrected chi connectivity index (χ4v) is 2.48. The lowest BCUT2D eigenvalue weighted by Crippen LogP contribution is -2.38. The second kappa shape index (κ2) is 5.54. The number of hydrogen-bond acceptors (Lipinski definition) is 2. The Labute approximate surface area is 120 Å². The zero-order chi connectivity index (χ0) is 12.4. The molecule has 1 N–H and O–H groups in total. The molecule has 1 fully saturated rings. The lowest BCUT2D eigenvalue weighted by molar-refractivity contribution is 0.0744. The molecule has 1 aromatic carbocycles. The normalized spacial score (nSPS) is 19.4. The van der Waals surface area contributed by atoms with Gasteiger partial charge in [0.25, 0.3) is 5.91 Å². The number of rotatable bonds is 2. The zero-order valence-corrected chi connectivity index (χ0v) is 12.5. The predicted octanol–water partition coefficient (Wildman–Crippen LogP) is 2.38. The van der Waals surface area contributed by atoms with Crippen LogP contribution >= 0.6 is 34.2 Å². The maximum absolute atomic E-state index is 12.2. The van der Waals surface area contributed by atoms with Crippen LogP contribution < -0.4 is 5.32 Å². The average Bonchev–Trinajstić information content (AvgIpc) is 2.84. The summed E-state index contributed by atoms with van der Waals surface area (Å²) in [5.74, 6) is 0.0389. The van der Waals surface area contributed by atoms with Crippen molar-refractivity contribution >= 4 is 40.1 Å². The van der Waals surface area contributed by atoms with Crippen molar-refractivity contribution < 1.29 is 4.79 Å². The summed E-state index contributed by atoms with van der Waals surface area (Å²) in [5, 5.41) is 3.89. The molecule has 2 rings (SSSR count). The molecule has 0 bridgehead atoms. The van der Waals surface area contributed by atoms with Crippen LogP contribution in [0.3, 0.4) is 0 Å². The van der Waals surface area contributed by atoms with Crippen molar-refractivity contribution in [1.82, 2.24) is 10.2 Å². The molecule has 1 aromatic rings. The van der Waals surface area contributed by atoms with Gasteiger partial charge in [0.1, 0.15) is 0 Å². The van der Waals surface area contributed by atoms with Crippen molar-refractivity contribution in [1.29, 1.82) is 0 Å². The minimum Gasteiger partial charge on any atom is -0.337 e. The first-order chi connectivity index (χ1) is 8.09. The molecule has 3 nitrogen and oxygen atoms in total. The van der Waals surface area contributed by atoms with Crippen LogP contribution in [-0.2, 0) is 0 Å². The van der Waals surface area contributed by atoms with Gasteiger partial charge in [0, 0.05) is 28.8 Å². The summed E-state index contributed by atoms with van der Waals surface area (Å²) >= 11 is 8.18. The molecule has 1 atom stereocenters. The molecule has 0 aromatic heterocycles. The van der Waals surface area contributed by atoms with Gasteiger partial charge < -0.3 is 10.2 Å². The molecule has 0 spiro atoms. The van der Waals surface area contributed by atoms with Gasteiger partial charge in [0.2, 0.25) is 0 Å². The summed E-state index contributed by atoms with van der Waals surface area (Å²) in [6.07, 6.45) is 1.01. The van der Waals surface area contributed by atoms with Crippen molar-refractivity contribution in [2.45, 2.75) is 12.5 Å². The standard InChI is InChI=1S/C12H14ClIN2O/c1-16(9-4-5-15-7-9)12(17)8-2-3-11(14)10(13)6-8/h2-3,6,9,15H,4-5,7H2,1H3. The largest absolute Gasteiger partial charge is 0.337 e. The average molecular weight is 365 g/mol. The summed E-state index contributed by atoms with van der Waals surface area (Å²) in [6.45, 7) is 1.86. The van der Waals surface area contributed by atoms with Gasteiger partial charge in [-0.3, -0.25) is 4.79 Å².